The minimum absolute atomic E-state index is 0.0183. The van der Waals surface area contributed by atoms with Crippen molar-refractivity contribution in [3.05, 3.63) is 53.6 Å². The lowest BCUT2D eigenvalue weighted by Crippen LogP contribution is -2.40. The standard InChI is InChI=1S/C22H28N4O3/c1-16-20(13-23-15-25-16)22(28)26-10-4-6-17(14-26)8-9-21(27)24-12-18-5-3-7-19(11-18)29-2/h3,5,7,11,13,15,17H,4,6,8-10,12,14H2,1-2H3,(H,24,27)/t17-/m0/s1. The maximum Gasteiger partial charge on any atom is 0.257 e. The van der Waals surface area contributed by atoms with Crippen LogP contribution in [0.1, 0.15) is 47.3 Å². The molecule has 1 saturated heterocycles. The molecule has 0 unspecified atom stereocenters. The van der Waals surface area contributed by atoms with E-state index in [1.807, 2.05) is 36.1 Å². The number of nitrogens with zero attached hydrogens (tertiary/aromatic N) is 3. The topological polar surface area (TPSA) is 84.4 Å². The number of aryl methyl sites for hydroxylation is 1. The maximum atomic E-state index is 12.8. The Labute approximate surface area is 171 Å². The Morgan fingerprint density at radius 1 is 1.34 bits per heavy atom. The monoisotopic (exact) mass is 396 g/mol. The smallest absolute Gasteiger partial charge is 0.257 e. The fourth-order valence-electron chi connectivity index (χ4n) is 3.66. The lowest BCUT2D eigenvalue weighted by molar-refractivity contribution is -0.121. The number of methoxy groups -OCH3 is 1. The van der Waals surface area contributed by atoms with E-state index in [0.29, 0.717) is 36.7 Å². The summed E-state index contributed by atoms with van der Waals surface area (Å²) in [5.41, 5.74) is 2.26. The molecule has 0 aliphatic carbocycles. The molecular formula is C22H28N4O3. The summed E-state index contributed by atoms with van der Waals surface area (Å²) in [6.45, 7) is 3.73. The van der Waals surface area contributed by atoms with Crippen molar-refractivity contribution in [1.82, 2.24) is 20.2 Å². The van der Waals surface area contributed by atoms with Crippen LogP contribution in [0.4, 0.5) is 0 Å². The van der Waals surface area contributed by atoms with E-state index < -0.39 is 0 Å². The zero-order chi connectivity index (χ0) is 20.6. The summed E-state index contributed by atoms with van der Waals surface area (Å²) < 4.78 is 5.20. The molecule has 7 heteroatoms. The van der Waals surface area contributed by atoms with E-state index in [0.717, 1.165) is 37.1 Å². The number of piperidine rings is 1. The number of nitrogens with one attached hydrogen (secondary N) is 1. The highest BCUT2D eigenvalue weighted by molar-refractivity contribution is 5.94. The lowest BCUT2D eigenvalue weighted by atomic mass is 9.92. The van der Waals surface area contributed by atoms with Gasteiger partial charge in [0.2, 0.25) is 5.91 Å². The summed E-state index contributed by atoms with van der Waals surface area (Å²) in [4.78, 5) is 35.0. The summed E-state index contributed by atoms with van der Waals surface area (Å²) in [5, 5.41) is 2.97. The van der Waals surface area contributed by atoms with Gasteiger partial charge in [0.05, 0.1) is 18.4 Å². The van der Waals surface area contributed by atoms with Crippen molar-refractivity contribution in [2.75, 3.05) is 20.2 Å². The van der Waals surface area contributed by atoms with Crippen LogP contribution in [0, 0.1) is 12.8 Å². The van der Waals surface area contributed by atoms with E-state index >= 15 is 0 Å². The molecule has 1 fully saturated rings. The summed E-state index contributed by atoms with van der Waals surface area (Å²) in [6.07, 6.45) is 6.27. The third-order valence-corrected chi connectivity index (χ3v) is 5.35. The van der Waals surface area contributed by atoms with Crippen molar-refractivity contribution >= 4 is 11.8 Å². The molecule has 1 N–H and O–H groups in total. The van der Waals surface area contributed by atoms with Crippen molar-refractivity contribution in [3.63, 3.8) is 0 Å². The van der Waals surface area contributed by atoms with E-state index in [4.69, 9.17) is 4.74 Å². The molecule has 1 aliphatic heterocycles. The van der Waals surface area contributed by atoms with Crippen LogP contribution in [0.5, 0.6) is 5.75 Å². The first-order chi connectivity index (χ1) is 14.1. The molecule has 1 aromatic heterocycles. The minimum atomic E-state index is -0.0183. The van der Waals surface area contributed by atoms with Crippen molar-refractivity contribution in [1.29, 1.82) is 0 Å². The van der Waals surface area contributed by atoms with Gasteiger partial charge in [-0.15, -0.1) is 0 Å². The third kappa shape index (κ3) is 5.76. The van der Waals surface area contributed by atoms with Crippen molar-refractivity contribution < 1.29 is 14.3 Å². The molecule has 154 valence electrons. The van der Waals surface area contributed by atoms with Gasteiger partial charge in [-0.05, 0) is 49.8 Å². The SMILES string of the molecule is COc1cccc(CNC(=O)CC[C@@H]2CCCN(C(=O)c3cncnc3C)C2)c1. The van der Waals surface area contributed by atoms with Crippen LogP contribution < -0.4 is 10.1 Å². The number of hydrogen-bond acceptors (Lipinski definition) is 5. The Kier molecular flexibility index (Phi) is 7.16. The van der Waals surface area contributed by atoms with E-state index in [9.17, 15) is 9.59 Å². The van der Waals surface area contributed by atoms with Gasteiger partial charge in [0.15, 0.2) is 0 Å². The second-order valence-electron chi connectivity index (χ2n) is 7.45. The highest BCUT2D eigenvalue weighted by Gasteiger charge is 2.26. The van der Waals surface area contributed by atoms with Gasteiger partial charge in [-0.1, -0.05) is 12.1 Å². The fourth-order valence-corrected chi connectivity index (χ4v) is 3.66. The van der Waals surface area contributed by atoms with E-state index in [1.54, 1.807) is 13.3 Å². The normalized spacial score (nSPS) is 16.3. The van der Waals surface area contributed by atoms with Gasteiger partial charge < -0.3 is 15.0 Å². The quantitative estimate of drug-likeness (QED) is 0.778. The van der Waals surface area contributed by atoms with Crippen molar-refractivity contribution in [2.45, 2.75) is 39.2 Å². The van der Waals surface area contributed by atoms with Gasteiger partial charge in [-0.25, -0.2) is 9.97 Å². The van der Waals surface area contributed by atoms with Gasteiger partial charge in [-0.3, -0.25) is 9.59 Å². The summed E-state index contributed by atoms with van der Waals surface area (Å²) >= 11 is 0. The molecule has 2 aromatic rings. The largest absolute Gasteiger partial charge is 0.497 e. The van der Waals surface area contributed by atoms with Gasteiger partial charge in [0.25, 0.3) is 5.91 Å². The van der Waals surface area contributed by atoms with E-state index in [1.165, 1.54) is 6.33 Å². The van der Waals surface area contributed by atoms with Crippen LogP contribution in [-0.4, -0.2) is 46.9 Å². The minimum Gasteiger partial charge on any atom is -0.497 e. The first kappa shape index (κ1) is 20.8. The number of benzene rings is 1. The number of hydrogen-bond donors (Lipinski definition) is 1. The molecular weight excluding hydrogens is 368 g/mol. The zero-order valence-electron chi connectivity index (χ0n) is 17.1. The molecule has 1 aromatic carbocycles. The van der Waals surface area contributed by atoms with Crippen molar-refractivity contribution in [2.24, 2.45) is 5.92 Å². The number of likely N-dealkylation sites (tertiary alicyclic amines) is 1. The second-order valence-corrected chi connectivity index (χ2v) is 7.45. The Balaban J connectivity index is 1.46. The Morgan fingerprint density at radius 3 is 3.00 bits per heavy atom. The first-order valence-electron chi connectivity index (χ1n) is 10.0. The molecule has 29 heavy (non-hydrogen) atoms. The molecule has 7 nitrogen and oxygen atoms in total. The van der Waals surface area contributed by atoms with Gasteiger partial charge in [0, 0.05) is 32.3 Å². The average Bonchev–Trinajstić information content (AvgIpc) is 2.76. The number of carbonyl (C=O) groups excluding carboxylic acids is 2. The Hall–Kier alpha value is -2.96. The summed E-state index contributed by atoms with van der Waals surface area (Å²) in [7, 11) is 1.63. The number of ether oxygens (including phenoxy) is 1. The highest BCUT2D eigenvalue weighted by Crippen LogP contribution is 2.23. The van der Waals surface area contributed by atoms with Gasteiger partial charge >= 0.3 is 0 Å². The molecule has 2 heterocycles. The summed E-state index contributed by atoms with van der Waals surface area (Å²) in [6, 6.07) is 7.67. The Bertz CT molecular complexity index is 855. The number of carbonyl (C=O) groups is 2. The van der Waals surface area contributed by atoms with Crippen LogP contribution in [0.15, 0.2) is 36.8 Å². The number of amides is 2. The second kappa shape index (κ2) is 10.0. The highest BCUT2D eigenvalue weighted by atomic mass is 16.5. The van der Waals surface area contributed by atoms with Crippen LogP contribution in [-0.2, 0) is 11.3 Å². The van der Waals surface area contributed by atoms with Gasteiger partial charge in [-0.2, -0.15) is 0 Å². The first-order valence-corrected chi connectivity index (χ1v) is 10.0. The average molecular weight is 396 g/mol. The molecule has 2 amide bonds. The molecule has 0 bridgehead atoms. The predicted octanol–water partition coefficient (Wildman–Crippen LogP) is 2.74. The van der Waals surface area contributed by atoms with Gasteiger partial charge in [0.1, 0.15) is 12.1 Å². The van der Waals surface area contributed by atoms with Crippen LogP contribution in [0.3, 0.4) is 0 Å². The molecule has 3 rings (SSSR count). The molecule has 1 atom stereocenters. The summed E-state index contributed by atoms with van der Waals surface area (Å²) in [5.74, 6) is 1.13. The molecule has 0 spiro atoms. The predicted molar refractivity (Wildman–Crippen MR) is 109 cm³/mol. The number of aromatic nitrogens is 2. The number of rotatable bonds is 7. The Morgan fingerprint density at radius 2 is 2.21 bits per heavy atom. The van der Waals surface area contributed by atoms with E-state index in [2.05, 4.69) is 15.3 Å². The fraction of sp³-hybridized carbons (Fsp3) is 0.455. The molecule has 0 saturated carbocycles. The van der Waals surface area contributed by atoms with E-state index in [-0.39, 0.29) is 11.8 Å². The van der Waals surface area contributed by atoms with Crippen molar-refractivity contribution in [3.8, 4) is 5.75 Å². The molecule has 0 radical (unpaired) electrons. The lowest BCUT2D eigenvalue weighted by Gasteiger charge is -2.33. The zero-order valence-corrected chi connectivity index (χ0v) is 17.1. The third-order valence-electron chi connectivity index (χ3n) is 5.35. The van der Waals surface area contributed by atoms with Crippen LogP contribution in [0.25, 0.3) is 0 Å². The maximum absolute atomic E-state index is 12.8. The molecule has 1 aliphatic rings. The van der Waals surface area contributed by atoms with Crippen LogP contribution in [0.2, 0.25) is 0 Å². The van der Waals surface area contributed by atoms with Crippen LogP contribution >= 0.6 is 0 Å².